The quantitative estimate of drug-likeness (QED) is 0.277. The lowest BCUT2D eigenvalue weighted by Gasteiger charge is -2.63. The number of piperidine rings is 1. The van der Waals surface area contributed by atoms with Crippen LogP contribution in [0.25, 0.3) is 0 Å². The third kappa shape index (κ3) is 6.71. The molecule has 0 bridgehead atoms. The van der Waals surface area contributed by atoms with E-state index in [1.165, 1.54) is 26.2 Å². The second-order valence-corrected chi connectivity index (χ2v) is 17.1. The van der Waals surface area contributed by atoms with Gasteiger partial charge in [-0.25, -0.2) is 0 Å². The number of hydrogen-bond acceptors (Lipinski definition) is 6. The minimum atomic E-state index is -4.43. The summed E-state index contributed by atoms with van der Waals surface area (Å²) in [6, 6.07) is 4.98. The molecule has 6 rings (SSSR count). The molecule has 4 aliphatic carbocycles. The molecule has 10 heteroatoms. The van der Waals surface area contributed by atoms with E-state index in [2.05, 4.69) is 20.8 Å². The molecule has 0 spiro atoms. The Hall–Kier alpha value is -2.62. The maximum absolute atomic E-state index is 13.3. The number of nitrogens with zero attached hydrogens (tertiary/aromatic N) is 1. The number of rotatable bonds is 8. The van der Waals surface area contributed by atoms with Crippen LogP contribution in [0.3, 0.4) is 0 Å². The summed E-state index contributed by atoms with van der Waals surface area (Å²) in [4.78, 5) is 39.2. The van der Waals surface area contributed by atoms with Crippen LogP contribution in [0.4, 0.5) is 13.2 Å². The highest BCUT2D eigenvalue weighted by Gasteiger charge is 2.64. The SMILES string of the molecule is COC(=O)C1CCC(=O)N(CCC[C@@H](C)[C@H]2CC[C@H]3[C@@H]4[C@H](OC(C)=O)C[C@@H]5C[C@](O)(c6ccc(C(F)(F)F)cc6)CC[C@]5(C)[C@H]4CC[C@]23C)C1. The number of benzene rings is 1. The van der Waals surface area contributed by atoms with Crippen LogP contribution in [-0.2, 0) is 35.6 Å². The fraction of sp³-hybridized carbons (Fsp3) is 0.775. The molecule has 0 radical (unpaired) electrons. The molecule has 1 unspecified atom stereocenters. The lowest BCUT2D eigenvalue weighted by atomic mass is 9.42. The second-order valence-electron chi connectivity index (χ2n) is 17.1. The Morgan fingerprint density at radius 1 is 1.02 bits per heavy atom. The van der Waals surface area contributed by atoms with E-state index in [0.717, 1.165) is 57.1 Å². The molecule has 50 heavy (non-hydrogen) atoms. The number of methoxy groups -OCH3 is 1. The Balaban J connectivity index is 1.15. The van der Waals surface area contributed by atoms with Crippen molar-refractivity contribution in [3.63, 3.8) is 0 Å². The molecule has 1 aromatic rings. The molecule has 1 N–H and O–H groups in total. The first-order chi connectivity index (χ1) is 23.5. The van der Waals surface area contributed by atoms with Crippen LogP contribution < -0.4 is 0 Å². The van der Waals surface area contributed by atoms with E-state index in [4.69, 9.17) is 9.47 Å². The normalized spacial score (nSPS) is 39.2. The van der Waals surface area contributed by atoms with Gasteiger partial charge in [0.1, 0.15) is 6.10 Å². The first-order valence-electron chi connectivity index (χ1n) is 18.9. The molecule has 1 aromatic carbocycles. The van der Waals surface area contributed by atoms with Gasteiger partial charge in [0, 0.05) is 32.4 Å². The number of halogens is 3. The number of esters is 2. The predicted octanol–water partition coefficient (Wildman–Crippen LogP) is 7.92. The summed E-state index contributed by atoms with van der Waals surface area (Å²) >= 11 is 0. The smallest absolute Gasteiger partial charge is 0.416 e. The average molecular weight is 704 g/mol. The summed E-state index contributed by atoms with van der Waals surface area (Å²) in [5.74, 6) is 1.38. The Bertz CT molecular complexity index is 1430. The van der Waals surface area contributed by atoms with Gasteiger partial charge in [0.05, 0.1) is 24.2 Å². The van der Waals surface area contributed by atoms with Gasteiger partial charge in [-0.15, -0.1) is 0 Å². The number of carbonyl (C=O) groups excluding carboxylic acids is 3. The lowest BCUT2D eigenvalue weighted by molar-refractivity contribution is -0.204. The molecular formula is C40H56F3NO6. The van der Waals surface area contributed by atoms with E-state index in [1.54, 1.807) is 0 Å². The highest BCUT2D eigenvalue weighted by atomic mass is 19.4. The van der Waals surface area contributed by atoms with E-state index in [1.807, 2.05) is 4.90 Å². The van der Waals surface area contributed by atoms with Crippen molar-refractivity contribution in [3.05, 3.63) is 35.4 Å². The van der Waals surface area contributed by atoms with E-state index in [-0.39, 0.29) is 52.5 Å². The van der Waals surface area contributed by atoms with Gasteiger partial charge < -0.3 is 19.5 Å². The van der Waals surface area contributed by atoms with Gasteiger partial charge in [0.25, 0.3) is 0 Å². The van der Waals surface area contributed by atoms with Crippen LogP contribution in [0.2, 0.25) is 0 Å². The van der Waals surface area contributed by atoms with Crippen LogP contribution in [0.15, 0.2) is 24.3 Å². The van der Waals surface area contributed by atoms with E-state index >= 15 is 0 Å². The standard InChI is InChI=1S/C40H56F3NO6/c1-24(7-6-20-44-23-26(36(47)49-5)8-15-34(44)46)30-13-14-31-35-32(16-17-38(30,31)4)37(3)18-19-39(48,22-29(37)21-33(35)50-25(2)45)27-9-11-28(12-10-27)40(41,42)43/h9-12,24,26,29-33,35,48H,6-8,13-23H2,1-5H3/t24-,26?,29-,30-,31+,32+,33-,35+,37+,38-,39+/m1/s1. The van der Waals surface area contributed by atoms with Crippen molar-refractivity contribution in [2.75, 3.05) is 20.2 Å². The van der Waals surface area contributed by atoms with Crippen LogP contribution in [0.5, 0.6) is 0 Å². The number of carbonyl (C=O) groups is 3. The summed E-state index contributed by atoms with van der Waals surface area (Å²) in [6.45, 7) is 9.73. The Kier molecular flexibility index (Phi) is 10.2. The van der Waals surface area contributed by atoms with E-state index < -0.39 is 17.3 Å². The zero-order valence-electron chi connectivity index (χ0n) is 30.4. The van der Waals surface area contributed by atoms with E-state index in [0.29, 0.717) is 74.4 Å². The second kappa shape index (κ2) is 13.7. The zero-order valence-corrected chi connectivity index (χ0v) is 30.4. The number of fused-ring (bicyclic) bond motifs is 5. The Labute approximate surface area is 295 Å². The van der Waals surface area contributed by atoms with Gasteiger partial charge in [-0.05, 0) is 129 Å². The summed E-state index contributed by atoms with van der Waals surface area (Å²) in [6.07, 6.45) is 4.85. The van der Waals surface area contributed by atoms with Gasteiger partial charge in [0.2, 0.25) is 5.91 Å². The summed E-state index contributed by atoms with van der Waals surface area (Å²) in [5, 5.41) is 11.9. The van der Waals surface area contributed by atoms with E-state index in [9.17, 15) is 32.7 Å². The number of hydrogen-bond donors (Lipinski definition) is 1. The molecular weight excluding hydrogens is 647 g/mol. The molecule has 7 nitrogen and oxygen atoms in total. The summed E-state index contributed by atoms with van der Waals surface area (Å²) in [7, 11) is 1.40. The maximum atomic E-state index is 13.3. The topological polar surface area (TPSA) is 93.1 Å². The van der Waals surface area contributed by atoms with Gasteiger partial charge in [-0.2, -0.15) is 13.2 Å². The molecule has 0 aromatic heterocycles. The number of amides is 1. The third-order valence-corrected chi connectivity index (χ3v) is 14.7. The van der Waals surface area contributed by atoms with Crippen LogP contribution in [-0.4, -0.2) is 54.2 Å². The minimum absolute atomic E-state index is 0.0620. The highest BCUT2D eigenvalue weighted by molar-refractivity contribution is 5.81. The first-order valence-corrected chi connectivity index (χ1v) is 18.9. The highest BCUT2D eigenvalue weighted by Crippen LogP contribution is 2.69. The van der Waals surface area contributed by atoms with Crippen LogP contribution >= 0.6 is 0 Å². The van der Waals surface area contributed by atoms with Gasteiger partial charge in [-0.3, -0.25) is 14.4 Å². The van der Waals surface area contributed by atoms with Gasteiger partial charge in [0.15, 0.2) is 0 Å². The molecule has 5 fully saturated rings. The van der Waals surface area contributed by atoms with Crippen molar-refractivity contribution >= 4 is 17.8 Å². The molecule has 1 aliphatic heterocycles. The van der Waals surface area contributed by atoms with Crippen molar-refractivity contribution in [1.29, 1.82) is 0 Å². The maximum Gasteiger partial charge on any atom is 0.416 e. The number of alkyl halides is 3. The van der Waals surface area contributed by atoms with Crippen molar-refractivity contribution in [2.45, 2.75) is 123 Å². The van der Waals surface area contributed by atoms with Crippen molar-refractivity contribution in [2.24, 2.45) is 52.3 Å². The fourth-order valence-corrected chi connectivity index (χ4v) is 12.0. The third-order valence-electron chi connectivity index (χ3n) is 14.7. The predicted molar refractivity (Wildman–Crippen MR) is 181 cm³/mol. The molecule has 1 saturated heterocycles. The number of likely N-dealkylation sites (tertiary alicyclic amines) is 1. The molecule has 4 saturated carbocycles. The molecule has 1 heterocycles. The number of aliphatic hydroxyl groups is 1. The van der Waals surface area contributed by atoms with Crippen molar-refractivity contribution in [3.8, 4) is 0 Å². The molecule has 278 valence electrons. The minimum Gasteiger partial charge on any atom is -0.469 e. The summed E-state index contributed by atoms with van der Waals surface area (Å²) in [5.41, 5.74) is -1.38. The largest absolute Gasteiger partial charge is 0.469 e. The molecule has 11 atom stereocenters. The summed E-state index contributed by atoms with van der Waals surface area (Å²) < 4.78 is 51.0. The average Bonchev–Trinajstić information content (AvgIpc) is 3.42. The zero-order chi connectivity index (χ0) is 36.2. The Morgan fingerprint density at radius 3 is 2.38 bits per heavy atom. The van der Waals surface area contributed by atoms with Crippen LogP contribution in [0, 0.1) is 52.3 Å². The Morgan fingerprint density at radius 2 is 1.72 bits per heavy atom. The van der Waals surface area contributed by atoms with Gasteiger partial charge in [-0.1, -0.05) is 32.9 Å². The first kappa shape index (κ1) is 37.1. The van der Waals surface area contributed by atoms with Crippen molar-refractivity contribution < 1.29 is 42.1 Å². The fourth-order valence-electron chi connectivity index (χ4n) is 12.0. The lowest BCUT2D eigenvalue weighted by Crippen LogP contribution is -2.60. The van der Waals surface area contributed by atoms with Gasteiger partial charge >= 0.3 is 18.1 Å². The van der Waals surface area contributed by atoms with Crippen LogP contribution in [0.1, 0.15) is 116 Å². The monoisotopic (exact) mass is 703 g/mol. The molecule has 5 aliphatic rings. The molecule has 1 amide bonds. The number of ether oxygens (including phenoxy) is 2. The van der Waals surface area contributed by atoms with Crippen molar-refractivity contribution in [1.82, 2.24) is 4.90 Å².